The van der Waals surface area contributed by atoms with Crippen LogP contribution in [0.5, 0.6) is 0 Å². The van der Waals surface area contributed by atoms with Gasteiger partial charge in [0.1, 0.15) is 16.4 Å². The third-order valence-electron chi connectivity index (χ3n) is 4.98. The van der Waals surface area contributed by atoms with Crippen LogP contribution in [-0.4, -0.2) is 33.2 Å². The summed E-state index contributed by atoms with van der Waals surface area (Å²) < 4.78 is 6.67. The van der Waals surface area contributed by atoms with Crippen LogP contribution in [0.25, 0.3) is 0 Å². The van der Waals surface area contributed by atoms with Gasteiger partial charge in [0.2, 0.25) is 5.91 Å². The molecule has 0 saturated heterocycles. The van der Waals surface area contributed by atoms with Crippen molar-refractivity contribution in [3.63, 3.8) is 0 Å². The van der Waals surface area contributed by atoms with Crippen molar-refractivity contribution in [1.29, 1.82) is 0 Å². The van der Waals surface area contributed by atoms with E-state index in [-0.39, 0.29) is 31.2 Å². The SMILES string of the molecule is CCOC(=O)c1c(NC(=O)CCn2nc(C)c([N+](=O)[O-])c2C)sc2c1CCCC2. The van der Waals surface area contributed by atoms with E-state index < -0.39 is 10.9 Å². The van der Waals surface area contributed by atoms with Gasteiger partial charge in [-0.2, -0.15) is 5.10 Å². The molecule has 0 spiro atoms. The molecule has 9 nitrogen and oxygen atoms in total. The first-order chi connectivity index (χ1) is 13.8. The van der Waals surface area contributed by atoms with Gasteiger partial charge in [-0.15, -0.1) is 11.3 Å². The number of esters is 1. The van der Waals surface area contributed by atoms with Crippen molar-refractivity contribution in [1.82, 2.24) is 9.78 Å². The Morgan fingerprint density at radius 3 is 2.69 bits per heavy atom. The normalized spacial score (nSPS) is 13.1. The molecule has 0 unspecified atom stereocenters. The molecule has 29 heavy (non-hydrogen) atoms. The van der Waals surface area contributed by atoms with Gasteiger partial charge in [0.15, 0.2) is 0 Å². The van der Waals surface area contributed by atoms with Gasteiger partial charge in [-0.25, -0.2) is 4.79 Å². The monoisotopic (exact) mass is 420 g/mol. The van der Waals surface area contributed by atoms with Gasteiger partial charge < -0.3 is 10.1 Å². The lowest BCUT2D eigenvalue weighted by molar-refractivity contribution is -0.386. The average molecular weight is 420 g/mol. The largest absolute Gasteiger partial charge is 0.462 e. The number of nitro groups is 1. The van der Waals surface area contributed by atoms with E-state index in [4.69, 9.17) is 4.74 Å². The molecule has 0 aliphatic heterocycles. The maximum atomic E-state index is 12.5. The number of carbonyl (C=O) groups excluding carboxylic acids is 2. The van der Waals surface area contributed by atoms with Gasteiger partial charge in [0.25, 0.3) is 0 Å². The molecule has 156 valence electrons. The summed E-state index contributed by atoms with van der Waals surface area (Å²) in [6, 6.07) is 0. The number of nitrogens with zero attached hydrogens (tertiary/aromatic N) is 3. The highest BCUT2D eigenvalue weighted by atomic mass is 32.1. The van der Waals surface area contributed by atoms with Crippen LogP contribution in [0.2, 0.25) is 0 Å². The van der Waals surface area contributed by atoms with Gasteiger partial charge in [-0.3, -0.25) is 19.6 Å². The number of anilines is 1. The Balaban J connectivity index is 1.74. The standard InChI is InChI=1S/C19H24N4O5S/c1-4-28-19(25)16-13-7-5-6-8-14(13)29-18(16)20-15(24)9-10-22-12(3)17(23(26)27)11(2)21-22/h4-10H2,1-3H3,(H,20,24). The number of ether oxygens (including phenoxy) is 1. The number of fused-ring (bicyclic) bond motifs is 1. The highest BCUT2D eigenvalue weighted by molar-refractivity contribution is 7.17. The van der Waals surface area contributed by atoms with Crippen LogP contribution in [0, 0.1) is 24.0 Å². The number of hydrogen-bond donors (Lipinski definition) is 1. The Bertz CT molecular complexity index is 962. The summed E-state index contributed by atoms with van der Waals surface area (Å²) in [4.78, 5) is 36.8. The fourth-order valence-corrected chi connectivity index (χ4v) is 4.93. The first-order valence-corrected chi connectivity index (χ1v) is 10.4. The molecule has 0 atom stereocenters. The molecule has 2 aromatic heterocycles. The summed E-state index contributed by atoms with van der Waals surface area (Å²) >= 11 is 1.44. The molecule has 0 saturated carbocycles. The molecule has 3 rings (SSSR count). The maximum absolute atomic E-state index is 12.5. The first-order valence-electron chi connectivity index (χ1n) is 9.63. The van der Waals surface area contributed by atoms with E-state index in [2.05, 4.69) is 10.4 Å². The Kier molecular flexibility index (Phi) is 6.31. The van der Waals surface area contributed by atoms with E-state index in [1.165, 1.54) is 16.0 Å². The quantitative estimate of drug-likeness (QED) is 0.416. The minimum atomic E-state index is -0.462. The van der Waals surface area contributed by atoms with Crippen molar-refractivity contribution >= 4 is 33.9 Å². The lowest BCUT2D eigenvalue weighted by Crippen LogP contribution is -2.17. The number of amides is 1. The number of rotatable bonds is 7. The van der Waals surface area contributed by atoms with Crippen molar-refractivity contribution < 1.29 is 19.2 Å². The molecule has 2 heterocycles. The van der Waals surface area contributed by atoms with Crippen molar-refractivity contribution in [2.24, 2.45) is 0 Å². The van der Waals surface area contributed by atoms with Crippen LogP contribution in [0.15, 0.2) is 0 Å². The fourth-order valence-electron chi connectivity index (χ4n) is 3.64. The number of nitrogens with one attached hydrogen (secondary N) is 1. The molecule has 0 aromatic carbocycles. The zero-order valence-electron chi connectivity index (χ0n) is 16.7. The second kappa shape index (κ2) is 8.73. The third kappa shape index (κ3) is 4.31. The summed E-state index contributed by atoms with van der Waals surface area (Å²) in [6.45, 7) is 5.42. The van der Waals surface area contributed by atoms with Crippen LogP contribution in [0.3, 0.4) is 0 Å². The second-order valence-electron chi connectivity index (χ2n) is 6.93. The Morgan fingerprint density at radius 1 is 1.31 bits per heavy atom. The van der Waals surface area contributed by atoms with Crippen molar-refractivity contribution in [2.45, 2.75) is 59.4 Å². The summed E-state index contributed by atoms with van der Waals surface area (Å²) in [5.41, 5.74) is 2.18. The van der Waals surface area contributed by atoms with E-state index >= 15 is 0 Å². The van der Waals surface area contributed by atoms with Crippen molar-refractivity contribution in [2.75, 3.05) is 11.9 Å². The zero-order valence-corrected chi connectivity index (χ0v) is 17.6. The van der Waals surface area contributed by atoms with E-state index in [0.717, 1.165) is 36.1 Å². The highest BCUT2D eigenvalue weighted by Gasteiger charge is 2.27. The Morgan fingerprint density at radius 2 is 2.03 bits per heavy atom. The van der Waals surface area contributed by atoms with Crippen molar-refractivity contribution in [3.05, 3.63) is 37.5 Å². The van der Waals surface area contributed by atoms with Gasteiger partial charge in [-0.05, 0) is 52.0 Å². The molecule has 0 bridgehead atoms. The summed E-state index contributed by atoms with van der Waals surface area (Å²) in [5, 5.41) is 18.6. The Hall–Kier alpha value is -2.75. The number of aryl methyl sites for hydroxylation is 3. The van der Waals surface area contributed by atoms with Crippen molar-refractivity contribution in [3.8, 4) is 0 Å². The molecule has 1 N–H and O–H groups in total. The van der Waals surface area contributed by atoms with Crippen LogP contribution >= 0.6 is 11.3 Å². The zero-order chi connectivity index (χ0) is 21.1. The number of hydrogen-bond acceptors (Lipinski definition) is 7. The predicted molar refractivity (Wildman–Crippen MR) is 109 cm³/mol. The molecule has 10 heteroatoms. The lowest BCUT2D eigenvalue weighted by atomic mass is 9.95. The highest BCUT2D eigenvalue weighted by Crippen LogP contribution is 2.38. The van der Waals surface area contributed by atoms with E-state index in [9.17, 15) is 19.7 Å². The molecular formula is C19H24N4O5S. The minimum absolute atomic E-state index is 0.0269. The van der Waals surface area contributed by atoms with E-state index in [0.29, 0.717) is 22.0 Å². The lowest BCUT2D eigenvalue weighted by Gasteiger charge is -2.12. The minimum Gasteiger partial charge on any atom is -0.462 e. The molecule has 0 fully saturated rings. The van der Waals surface area contributed by atoms with Gasteiger partial charge in [-0.1, -0.05) is 0 Å². The molecule has 1 aliphatic carbocycles. The topological polar surface area (TPSA) is 116 Å². The summed E-state index contributed by atoms with van der Waals surface area (Å²) in [7, 11) is 0. The Labute approximate surface area is 172 Å². The van der Waals surface area contributed by atoms with Crippen LogP contribution in [0.1, 0.15) is 58.4 Å². The number of aromatic nitrogens is 2. The van der Waals surface area contributed by atoms with E-state index in [1.54, 1.807) is 20.8 Å². The summed E-state index contributed by atoms with van der Waals surface area (Å²) in [5.74, 6) is -0.680. The van der Waals surface area contributed by atoms with Crippen LogP contribution in [0.4, 0.5) is 10.7 Å². The average Bonchev–Trinajstić information content (AvgIpc) is 3.16. The smallest absolute Gasteiger partial charge is 0.341 e. The number of thiophene rings is 1. The molecule has 1 aliphatic rings. The molecular weight excluding hydrogens is 396 g/mol. The van der Waals surface area contributed by atoms with Gasteiger partial charge >= 0.3 is 11.7 Å². The molecule has 1 amide bonds. The van der Waals surface area contributed by atoms with Crippen LogP contribution in [-0.2, 0) is 28.9 Å². The molecule has 0 radical (unpaired) electrons. The fraction of sp³-hybridized carbons (Fsp3) is 0.526. The maximum Gasteiger partial charge on any atom is 0.341 e. The van der Waals surface area contributed by atoms with E-state index in [1.807, 2.05) is 0 Å². The van der Waals surface area contributed by atoms with Crippen LogP contribution < -0.4 is 5.32 Å². The third-order valence-corrected chi connectivity index (χ3v) is 6.19. The summed E-state index contributed by atoms with van der Waals surface area (Å²) in [6.07, 6.45) is 3.88. The molecule has 2 aromatic rings. The van der Waals surface area contributed by atoms with Gasteiger partial charge in [0, 0.05) is 11.3 Å². The second-order valence-corrected chi connectivity index (χ2v) is 8.04. The first kappa shape index (κ1) is 21.0. The van der Waals surface area contributed by atoms with Gasteiger partial charge in [0.05, 0.1) is 23.6 Å². The number of carbonyl (C=O) groups is 2. The predicted octanol–water partition coefficient (Wildman–Crippen LogP) is 3.55.